The lowest BCUT2D eigenvalue weighted by atomic mass is 9.98. The summed E-state index contributed by atoms with van der Waals surface area (Å²) in [5, 5.41) is 31.6. The van der Waals surface area contributed by atoms with E-state index in [1.54, 1.807) is 30.5 Å². The van der Waals surface area contributed by atoms with E-state index in [0.29, 0.717) is 33.1 Å². The Bertz CT molecular complexity index is 1440. The molecule has 0 spiro atoms. The van der Waals surface area contributed by atoms with Crippen molar-refractivity contribution in [1.82, 2.24) is 4.57 Å². The van der Waals surface area contributed by atoms with Crippen molar-refractivity contribution < 1.29 is 33.2 Å². The molecular weight excluding hydrogens is 519 g/mol. The summed E-state index contributed by atoms with van der Waals surface area (Å²) < 4.78 is 37.7. The number of hydrogen-bond acceptors (Lipinski definition) is 8. The van der Waals surface area contributed by atoms with Crippen LogP contribution in [0.5, 0.6) is 0 Å². The first kappa shape index (κ1) is 24.5. The summed E-state index contributed by atoms with van der Waals surface area (Å²) in [7, 11) is -3.46. The standard InChI is InChI=1S/C23H22Cl2N2O7S/c1-35(31,32)12-3-4-13-14(22-26-19-21(30)20(29)18(10-28)33-23(19)34-22)9-27(17(13)7-12)8-11-2-5-15(24)16(25)6-11/h2-7,9,18-21,23,28-30H,8,10H2,1H3/t18-,19-,20-,21-,23-/m1/s1. The molecule has 0 bridgehead atoms. The molecule has 5 atom stereocenters. The Balaban J connectivity index is 1.59. The van der Waals surface area contributed by atoms with Crippen molar-refractivity contribution in [2.24, 2.45) is 4.99 Å². The van der Waals surface area contributed by atoms with Crippen LogP contribution >= 0.6 is 23.2 Å². The lowest BCUT2D eigenvalue weighted by molar-refractivity contribution is -0.234. The molecule has 186 valence electrons. The molecule has 0 radical (unpaired) electrons. The number of sulfone groups is 1. The van der Waals surface area contributed by atoms with E-state index in [1.165, 1.54) is 6.07 Å². The van der Waals surface area contributed by atoms with E-state index in [2.05, 4.69) is 4.99 Å². The summed E-state index contributed by atoms with van der Waals surface area (Å²) in [5.41, 5.74) is 2.01. The van der Waals surface area contributed by atoms with Crippen molar-refractivity contribution in [3.63, 3.8) is 0 Å². The molecule has 1 aromatic heterocycles. The molecule has 2 aliphatic heterocycles. The number of halogens is 2. The van der Waals surface area contributed by atoms with Gasteiger partial charge in [-0.3, -0.25) is 0 Å². The largest absolute Gasteiger partial charge is 0.445 e. The average molecular weight is 541 g/mol. The fourth-order valence-corrected chi connectivity index (χ4v) is 5.31. The van der Waals surface area contributed by atoms with Gasteiger partial charge in [0.05, 0.1) is 32.6 Å². The number of benzene rings is 2. The minimum atomic E-state index is -3.46. The first-order valence-corrected chi connectivity index (χ1v) is 13.4. The number of rotatable bonds is 5. The second kappa shape index (κ2) is 9.04. The van der Waals surface area contributed by atoms with Gasteiger partial charge in [0.25, 0.3) is 0 Å². The number of fused-ring (bicyclic) bond motifs is 2. The molecule has 0 saturated carbocycles. The van der Waals surface area contributed by atoms with Gasteiger partial charge in [-0.2, -0.15) is 0 Å². The van der Waals surface area contributed by atoms with E-state index in [-0.39, 0.29) is 10.8 Å². The molecule has 2 aromatic carbocycles. The maximum absolute atomic E-state index is 12.2. The Kier molecular flexibility index (Phi) is 6.33. The van der Waals surface area contributed by atoms with Gasteiger partial charge < -0.3 is 29.4 Å². The number of aromatic nitrogens is 1. The predicted octanol–water partition coefficient (Wildman–Crippen LogP) is 1.98. The lowest BCUT2D eigenvalue weighted by Crippen LogP contribution is -2.56. The third-order valence-electron chi connectivity index (χ3n) is 6.19. The second-order valence-electron chi connectivity index (χ2n) is 8.62. The van der Waals surface area contributed by atoms with Gasteiger partial charge >= 0.3 is 0 Å². The van der Waals surface area contributed by atoms with Crippen LogP contribution < -0.4 is 0 Å². The Labute approximate surface area is 211 Å². The van der Waals surface area contributed by atoms with Gasteiger partial charge in [0.15, 0.2) is 9.84 Å². The van der Waals surface area contributed by atoms with E-state index in [1.807, 2.05) is 10.6 Å². The average Bonchev–Trinajstić information content (AvgIpc) is 3.39. The normalized spacial score (nSPS) is 26.5. The van der Waals surface area contributed by atoms with Gasteiger partial charge in [-0.1, -0.05) is 35.3 Å². The highest BCUT2D eigenvalue weighted by atomic mass is 35.5. The molecule has 35 heavy (non-hydrogen) atoms. The summed E-state index contributed by atoms with van der Waals surface area (Å²) >= 11 is 12.2. The smallest absolute Gasteiger partial charge is 0.227 e. The second-order valence-corrected chi connectivity index (χ2v) is 11.4. The maximum atomic E-state index is 12.2. The van der Waals surface area contributed by atoms with Crippen LogP contribution in [0.4, 0.5) is 0 Å². The lowest BCUT2D eigenvalue weighted by Gasteiger charge is -2.36. The van der Waals surface area contributed by atoms with Gasteiger partial charge in [0.2, 0.25) is 12.2 Å². The van der Waals surface area contributed by atoms with Crippen LogP contribution in [0.25, 0.3) is 10.9 Å². The maximum Gasteiger partial charge on any atom is 0.227 e. The quantitative estimate of drug-likeness (QED) is 0.451. The van der Waals surface area contributed by atoms with Crippen LogP contribution in [0.15, 0.2) is 52.5 Å². The van der Waals surface area contributed by atoms with Crippen molar-refractivity contribution >= 4 is 49.8 Å². The van der Waals surface area contributed by atoms with E-state index < -0.39 is 47.1 Å². The van der Waals surface area contributed by atoms with E-state index in [0.717, 1.165) is 11.8 Å². The molecular formula is C23H22Cl2N2O7S. The number of hydrogen-bond donors (Lipinski definition) is 3. The molecule has 3 N–H and O–H groups in total. The molecule has 0 aliphatic carbocycles. The third kappa shape index (κ3) is 4.44. The molecule has 1 fully saturated rings. The van der Waals surface area contributed by atoms with Crippen LogP contribution in [0.1, 0.15) is 11.1 Å². The molecule has 5 rings (SSSR count). The Hall–Kier alpha value is -2.18. The third-order valence-corrected chi connectivity index (χ3v) is 8.04. The minimum Gasteiger partial charge on any atom is -0.445 e. The van der Waals surface area contributed by atoms with Gasteiger partial charge in [-0.15, -0.1) is 0 Å². The molecule has 0 unspecified atom stereocenters. The monoisotopic (exact) mass is 540 g/mol. The predicted molar refractivity (Wildman–Crippen MR) is 130 cm³/mol. The van der Waals surface area contributed by atoms with Crippen molar-refractivity contribution in [3.8, 4) is 0 Å². The number of aliphatic hydroxyl groups excluding tert-OH is 3. The number of ether oxygens (including phenoxy) is 2. The number of aliphatic hydroxyl groups is 3. The highest BCUT2D eigenvalue weighted by molar-refractivity contribution is 7.90. The molecule has 12 heteroatoms. The summed E-state index contributed by atoms with van der Waals surface area (Å²) in [6, 6.07) is 9.10. The summed E-state index contributed by atoms with van der Waals surface area (Å²) in [5.74, 6) is 0.176. The molecule has 3 heterocycles. The highest BCUT2D eigenvalue weighted by Crippen LogP contribution is 2.34. The van der Waals surface area contributed by atoms with E-state index in [9.17, 15) is 23.7 Å². The fourth-order valence-electron chi connectivity index (χ4n) is 4.35. The van der Waals surface area contributed by atoms with Gasteiger partial charge in [0.1, 0.15) is 24.4 Å². The number of nitrogens with zero attached hydrogens (tertiary/aromatic N) is 2. The topological polar surface area (TPSA) is 131 Å². The highest BCUT2D eigenvalue weighted by Gasteiger charge is 2.49. The van der Waals surface area contributed by atoms with Gasteiger partial charge in [-0.25, -0.2) is 13.4 Å². The first-order valence-electron chi connectivity index (χ1n) is 10.7. The molecule has 2 aliphatic rings. The SMILES string of the molecule is CS(=O)(=O)c1ccc2c(C3=N[C@H]4[C@@H](O3)O[C@H](CO)[C@@H](O)[C@@H]4O)cn(Cc3ccc(Cl)c(Cl)c3)c2c1. The summed E-state index contributed by atoms with van der Waals surface area (Å²) in [6.45, 7) is -0.136. The van der Waals surface area contributed by atoms with E-state index in [4.69, 9.17) is 32.7 Å². The van der Waals surface area contributed by atoms with Crippen LogP contribution in [0.2, 0.25) is 10.0 Å². The fraction of sp³-hybridized carbons (Fsp3) is 0.348. The van der Waals surface area contributed by atoms with Crippen LogP contribution in [0.3, 0.4) is 0 Å². The summed E-state index contributed by atoms with van der Waals surface area (Å²) in [4.78, 5) is 4.61. The molecule has 0 amide bonds. The zero-order valence-corrected chi connectivity index (χ0v) is 20.7. The summed E-state index contributed by atoms with van der Waals surface area (Å²) in [6.07, 6.45) is -1.69. The molecule has 3 aromatic rings. The van der Waals surface area contributed by atoms with Crippen LogP contribution in [-0.4, -0.2) is 77.7 Å². The molecule has 9 nitrogen and oxygen atoms in total. The van der Waals surface area contributed by atoms with Gasteiger partial charge in [-0.05, 0) is 29.8 Å². The van der Waals surface area contributed by atoms with Crippen molar-refractivity contribution in [2.45, 2.75) is 42.1 Å². The van der Waals surface area contributed by atoms with Crippen molar-refractivity contribution in [1.29, 1.82) is 0 Å². The van der Waals surface area contributed by atoms with Gasteiger partial charge in [0, 0.05) is 24.4 Å². The first-order chi connectivity index (χ1) is 16.6. The minimum absolute atomic E-state index is 0.153. The Morgan fingerprint density at radius 1 is 1.09 bits per heavy atom. The van der Waals surface area contributed by atoms with Crippen molar-refractivity contribution in [2.75, 3.05) is 12.9 Å². The van der Waals surface area contributed by atoms with Crippen LogP contribution in [0, 0.1) is 0 Å². The van der Waals surface area contributed by atoms with Crippen molar-refractivity contribution in [3.05, 3.63) is 63.8 Å². The van der Waals surface area contributed by atoms with Crippen LogP contribution in [-0.2, 0) is 25.9 Å². The zero-order chi connectivity index (χ0) is 25.1. The molecule has 1 saturated heterocycles. The Morgan fingerprint density at radius 2 is 1.86 bits per heavy atom. The van der Waals surface area contributed by atoms with E-state index >= 15 is 0 Å². The Morgan fingerprint density at radius 3 is 2.54 bits per heavy atom. The zero-order valence-electron chi connectivity index (χ0n) is 18.4. The number of aliphatic imine (C=N–C) groups is 1.